The lowest BCUT2D eigenvalue weighted by atomic mass is 9.97. The smallest absolute Gasteiger partial charge is 0.336 e. The van der Waals surface area contributed by atoms with Crippen molar-refractivity contribution >= 4 is 21.9 Å². The fraction of sp³-hybridized carbons (Fsp3) is 0.227. The van der Waals surface area contributed by atoms with Crippen LogP contribution in [0.3, 0.4) is 0 Å². The van der Waals surface area contributed by atoms with Crippen LogP contribution in [0.25, 0.3) is 33.1 Å². The van der Waals surface area contributed by atoms with Crippen LogP contribution >= 0.6 is 0 Å². The van der Waals surface area contributed by atoms with Crippen molar-refractivity contribution in [2.45, 2.75) is 33.1 Å². The molecule has 4 rings (SSSR count). The maximum atomic E-state index is 11.9. The van der Waals surface area contributed by atoms with Crippen molar-refractivity contribution in [1.29, 1.82) is 0 Å². The van der Waals surface area contributed by atoms with Crippen molar-refractivity contribution in [3.63, 3.8) is 0 Å². The normalized spacial score (nSPS) is 11.5. The van der Waals surface area contributed by atoms with E-state index in [4.69, 9.17) is 4.42 Å². The minimum Gasteiger partial charge on any atom is -0.507 e. The molecule has 4 heteroatoms. The molecule has 0 aliphatic rings. The average Bonchev–Trinajstić information content (AvgIpc) is 3.07. The van der Waals surface area contributed by atoms with Gasteiger partial charge in [-0.3, -0.25) is 0 Å². The van der Waals surface area contributed by atoms with E-state index in [9.17, 15) is 9.90 Å². The highest BCUT2D eigenvalue weighted by molar-refractivity contribution is 5.94. The number of rotatable bonds is 4. The molecule has 0 unspecified atom stereocenters. The van der Waals surface area contributed by atoms with Crippen LogP contribution in [-0.2, 0) is 6.42 Å². The topological polar surface area (TPSA) is 66.2 Å². The van der Waals surface area contributed by atoms with Gasteiger partial charge in [-0.15, -0.1) is 0 Å². The molecule has 2 aromatic heterocycles. The molecule has 132 valence electrons. The zero-order valence-electron chi connectivity index (χ0n) is 14.9. The third-order valence-electron chi connectivity index (χ3n) is 4.94. The van der Waals surface area contributed by atoms with Crippen LogP contribution in [0.15, 0.2) is 51.7 Å². The van der Waals surface area contributed by atoms with Crippen LogP contribution in [0.2, 0.25) is 0 Å². The summed E-state index contributed by atoms with van der Waals surface area (Å²) in [4.78, 5) is 15.3. The first-order valence-electron chi connectivity index (χ1n) is 8.96. The monoisotopic (exact) mass is 347 g/mol. The maximum Gasteiger partial charge on any atom is 0.336 e. The summed E-state index contributed by atoms with van der Waals surface area (Å²) in [6.45, 7) is 3.91. The van der Waals surface area contributed by atoms with Crippen LogP contribution < -0.4 is 5.63 Å². The number of fused-ring (bicyclic) bond motifs is 2. The predicted molar refractivity (Wildman–Crippen MR) is 105 cm³/mol. The first-order chi connectivity index (χ1) is 12.6. The number of aromatic hydroxyl groups is 1. The van der Waals surface area contributed by atoms with Gasteiger partial charge in [0.2, 0.25) is 0 Å². The number of phenols is 1. The van der Waals surface area contributed by atoms with Crippen LogP contribution in [-0.4, -0.2) is 10.1 Å². The number of aryl methyl sites for hydroxylation is 2. The van der Waals surface area contributed by atoms with Gasteiger partial charge in [-0.1, -0.05) is 31.5 Å². The zero-order chi connectivity index (χ0) is 18.3. The third-order valence-corrected chi connectivity index (χ3v) is 4.94. The number of unbranched alkanes of at least 4 members (excludes halogenated alkanes) is 1. The maximum absolute atomic E-state index is 11.9. The van der Waals surface area contributed by atoms with Gasteiger partial charge in [0.15, 0.2) is 0 Å². The fourth-order valence-corrected chi connectivity index (χ4v) is 3.51. The van der Waals surface area contributed by atoms with Crippen molar-refractivity contribution in [3.8, 4) is 17.0 Å². The summed E-state index contributed by atoms with van der Waals surface area (Å²) < 4.78 is 5.42. The van der Waals surface area contributed by atoms with Gasteiger partial charge in [-0.2, -0.15) is 0 Å². The van der Waals surface area contributed by atoms with Crippen LogP contribution in [0, 0.1) is 6.92 Å². The fourth-order valence-electron chi connectivity index (χ4n) is 3.51. The number of H-pyrrole nitrogens is 1. The molecule has 0 saturated heterocycles. The lowest BCUT2D eigenvalue weighted by Gasteiger charge is -2.12. The Bertz CT molecular complexity index is 1130. The summed E-state index contributed by atoms with van der Waals surface area (Å²) in [6.07, 6.45) is 2.86. The molecule has 0 aliphatic carbocycles. The lowest BCUT2D eigenvalue weighted by Crippen LogP contribution is -2.02. The van der Waals surface area contributed by atoms with E-state index >= 15 is 0 Å². The third kappa shape index (κ3) is 2.68. The van der Waals surface area contributed by atoms with Crippen molar-refractivity contribution in [3.05, 3.63) is 64.0 Å². The molecule has 4 aromatic rings. The number of aromatic amines is 1. The Morgan fingerprint density at radius 1 is 1.15 bits per heavy atom. The van der Waals surface area contributed by atoms with Gasteiger partial charge in [0.25, 0.3) is 0 Å². The Labute approximate surface area is 151 Å². The standard InChI is InChI=1S/C22H21NO3/c1-3-4-7-14-11-20(24)26-22-13(2)21(25)17(12-16(14)22)19-10-15-8-5-6-9-18(15)23-19/h5-6,8-12,23,25H,3-4,7H2,1-2H3. The lowest BCUT2D eigenvalue weighted by molar-refractivity contribution is 0.470. The molecule has 0 spiro atoms. The molecule has 0 amide bonds. The Morgan fingerprint density at radius 3 is 2.73 bits per heavy atom. The molecule has 0 bridgehead atoms. The summed E-state index contributed by atoms with van der Waals surface area (Å²) in [7, 11) is 0. The van der Waals surface area contributed by atoms with E-state index < -0.39 is 0 Å². The number of hydrogen-bond donors (Lipinski definition) is 2. The van der Waals surface area contributed by atoms with Gasteiger partial charge < -0.3 is 14.5 Å². The summed E-state index contributed by atoms with van der Waals surface area (Å²) in [5.74, 6) is 0.139. The van der Waals surface area contributed by atoms with Gasteiger partial charge in [-0.05, 0) is 43.5 Å². The Kier molecular flexibility index (Phi) is 4.03. The molecule has 0 fully saturated rings. The van der Waals surface area contributed by atoms with Gasteiger partial charge in [0, 0.05) is 33.5 Å². The van der Waals surface area contributed by atoms with E-state index in [1.54, 1.807) is 13.0 Å². The molecular formula is C22H21NO3. The Morgan fingerprint density at radius 2 is 1.96 bits per heavy atom. The van der Waals surface area contributed by atoms with Crippen molar-refractivity contribution < 1.29 is 9.52 Å². The summed E-state index contributed by atoms with van der Waals surface area (Å²) in [5.41, 5.74) is 4.25. The number of nitrogens with one attached hydrogen (secondary N) is 1. The highest BCUT2D eigenvalue weighted by Crippen LogP contribution is 2.38. The number of para-hydroxylation sites is 1. The number of benzene rings is 2. The van der Waals surface area contributed by atoms with Gasteiger partial charge >= 0.3 is 5.63 Å². The van der Waals surface area contributed by atoms with Crippen LogP contribution in [0.1, 0.15) is 30.9 Å². The Balaban J connectivity index is 1.99. The van der Waals surface area contributed by atoms with E-state index in [1.807, 2.05) is 36.4 Å². The average molecular weight is 347 g/mol. The number of phenolic OH excluding ortho intramolecular Hbond substituents is 1. The second-order valence-corrected chi connectivity index (χ2v) is 6.74. The molecule has 0 aliphatic heterocycles. The minimum atomic E-state index is -0.371. The summed E-state index contributed by atoms with van der Waals surface area (Å²) in [6, 6.07) is 13.5. The minimum absolute atomic E-state index is 0.139. The Hall–Kier alpha value is -3.01. The highest BCUT2D eigenvalue weighted by atomic mass is 16.4. The summed E-state index contributed by atoms with van der Waals surface area (Å²) >= 11 is 0. The van der Waals surface area contributed by atoms with Crippen molar-refractivity contribution in [1.82, 2.24) is 4.98 Å². The molecule has 0 radical (unpaired) electrons. The van der Waals surface area contributed by atoms with E-state index in [0.29, 0.717) is 11.1 Å². The largest absolute Gasteiger partial charge is 0.507 e. The predicted octanol–water partition coefficient (Wildman–Crippen LogP) is 5.30. The SMILES string of the molecule is CCCCc1cc(=O)oc2c(C)c(O)c(-c3cc4ccccc4[nH]3)cc12. The molecule has 2 N–H and O–H groups in total. The van der Waals surface area contributed by atoms with Gasteiger partial charge in [-0.25, -0.2) is 4.79 Å². The van der Waals surface area contributed by atoms with Crippen LogP contribution in [0.5, 0.6) is 5.75 Å². The molecular weight excluding hydrogens is 326 g/mol. The van der Waals surface area contributed by atoms with E-state index in [2.05, 4.69) is 11.9 Å². The zero-order valence-corrected chi connectivity index (χ0v) is 14.9. The first kappa shape index (κ1) is 16.5. The van der Waals surface area contributed by atoms with Crippen molar-refractivity contribution in [2.75, 3.05) is 0 Å². The molecule has 0 saturated carbocycles. The van der Waals surface area contributed by atoms with Gasteiger partial charge in [0.1, 0.15) is 11.3 Å². The van der Waals surface area contributed by atoms with E-state index in [1.165, 1.54) is 0 Å². The molecule has 2 aromatic carbocycles. The van der Waals surface area contributed by atoms with E-state index in [-0.39, 0.29) is 11.4 Å². The first-order valence-corrected chi connectivity index (χ1v) is 8.96. The van der Waals surface area contributed by atoms with Gasteiger partial charge in [0.05, 0.1) is 5.69 Å². The van der Waals surface area contributed by atoms with E-state index in [0.717, 1.165) is 52.4 Å². The molecule has 0 atom stereocenters. The van der Waals surface area contributed by atoms with Crippen molar-refractivity contribution in [2.24, 2.45) is 0 Å². The second kappa shape index (κ2) is 6.37. The second-order valence-electron chi connectivity index (χ2n) is 6.74. The highest BCUT2D eigenvalue weighted by Gasteiger charge is 2.17. The molecule has 2 heterocycles. The van der Waals surface area contributed by atoms with Crippen LogP contribution in [0.4, 0.5) is 0 Å². The quantitative estimate of drug-likeness (QED) is 0.492. The number of aromatic nitrogens is 1. The summed E-state index contributed by atoms with van der Waals surface area (Å²) in [5, 5.41) is 12.7. The molecule has 26 heavy (non-hydrogen) atoms. The number of hydrogen-bond acceptors (Lipinski definition) is 3. The molecule has 4 nitrogen and oxygen atoms in total.